The van der Waals surface area contributed by atoms with Gasteiger partial charge in [-0.05, 0) is 56.3 Å². The summed E-state index contributed by atoms with van der Waals surface area (Å²) in [6, 6.07) is 0.325. The van der Waals surface area contributed by atoms with Gasteiger partial charge < -0.3 is 5.32 Å². The average Bonchev–Trinajstić information content (AvgIpc) is 2.69. The minimum absolute atomic E-state index is 0.325. The molecule has 0 aliphatic heterocycles. The highest BCUT2D eigenvalue weighted by atomic mass is 79.9. The third-order valence-corrected chi connectivity index (χ3v) is 5.43. The van der Waals surface area contributed by atoms with Crippen molar-refractivity contribution in [3.05, 3.63) is 0 Å². The number of hydrogen-bond donors (Lipinski definition) is 1. The Labute approximate surface area is 106 Å². The van der Waals surface area contributed by atoms with E-state index >= 15 is 0 Å². The van der Waals surface area contributed by atoms with E-state index in [0.29, 0.717) is 17.9 Å². The Morgan fingerprint density at radius 1 is 1.38 bits per heavy atom. The minimum atomic E-state index is 0.325. The molecule has 3 fully saturated rings. The molecular weight excluding hydrogens is 266 g/mol. The van der Waals surface area contributed by atoms with Gasteiger partial charge >= 0.3 is 0 Å². The van der Waals surface area contributed by atoms with Crippen LogP contribution < -0.4 is 5.32 Å². The largest absolute Gasteiger partial charge is 0.353 e. The lowest BCUT2D eigenvalue weighted by Gasteiger charge is -2.14. The summed E-state index contributed by atoms with van der Waals surface area (Å²) in [4.78, 5) is 12.1. The predicted octanol–water partition coefficient (Wildman–Crippen LogP) is 2.57. The molecule has 5 unspecified atom stereocenters. The zero-order chi connectivity index (χ0) is 11.3. The van der Waals surface area contributed by atoms with Crippen LogP contribution in [-0.4, -0.2) is 17.3 Å². The molecule has 0 radical (unpaired) electrons. The van der Waals surface area contributed by atoms with Gasteiger partial charge in [0.25, 0.3) is 0 Å². The van der Waals surface area contributed by atoms with Crippen molar-refractivity contribution in [3.63, 3.8) is 0 Å². The fraction of sp³-hybridized carbons (Fsp3) is 0.923. The van der Waals surface area contributed by atoms with E-state index in [2.05, 4.69) is 28.2 Å². The van der Waals surface area contributed by atoms with Gasteiger partial charge in [0.2, 0.25) is 5.91 Å². The van der Waals surface area contributed by atoms with Crippen LogP contribution in [0.5, 0.6) is 0 Å². The quantitative estimate of drug-likeness (QED) is 0.791. The maximum atomic E-state index is 12.1. The highest BCUT2D eigenvalue weighted by Crippen LogP contribution is 2.69. The summed E-state index contributed by atoms with van der Waals surface area (Å²) in [6.07, 6.45) is 5.25. The maximum Gasteiger partial charge on any atom is 0.223 e. The van der Waals surface area contributed by atoms with Gasteiger partial charge in [0, 0.05) is 17.3 Å². The molecule has 0 aromatic heterocycles. The van der Waals surface area contributed by atoms with Crippen molar-refractivity contribution >= 4 is 21.8 Å². The normalized spacial score (nSPS) is 45.2. The smallest absolute Gasteiger partial charge is 0.223 e. The molecule has 3 aliphatic carbocycles. The second-order valence-electron chi connectivity index (χ2n) is 5.90. The second kappa shape index (κ2) is 4.01. The molecule has 3 saturated carbocycles. The molecular formula is C13H20BrNO. The van der Waals surface area contributed by atoms with E-state index in [1.54, 1.807) is 0 Å². The van der Waals surface area contributed by atoms with Gasteiger partial charge in [-0.1, -0.05) is 15.9 Å². The molecule has 0 spiro atoms. The topological polar surface area (TPSA) is 29.1 Å². The number of alkyl halides is 1. The zero-order valence-electron chi connectivity index (χ0n) is 9.79. The van der Waals surface area contributed by atoms with Gasteiger partial charge in [-0.2, -0.15) is 0 Å². The van der Waals surface area contributed by atoms with E-state index in [0.717, 1.165) is 35.4 Å². The molecule has 2 bridgehead atoms. The van der Waals surface area contributed by atoms with Gasteiger partial charge in [-0.25, -0.2) is 0 Å². The Morgan fingerprint density at radius 2 is 2.00 bits per heavy atom. The van der Waals surface area contributed by atoms with E-state index in [-0.39, 0.29) is 0 Å². The van der Waals surface area contributed by atoms with Crippen LogP contribution in [0.25, 0.3) is 0 Å². The molecule has 3 aliphatic rings. The van der Waals surface area contributed by atoms with Gasteiger partial charge in [0.1, 0.15) is 0 Å². The fourth-order valence-corrected chi connectivity index (χ4v) is 4.94. The lowest BCUT2D eigenvalue weighted by molar-refractivity contribution is -0.123. The summed E-state index contributed by atoms with van der Waals surface area (Å²) in [7, 11) is 0. The van der Waals surface area contributed by atoms with E-state index in [1.807, 2.05) is 0 Å². The standard InChI is InChI=1S/C13H20BrNO/c1-7(4-5-14)15-13(16)12-10-8-2-3-9(6-8)11(10)12/h7-12H,2-6H2,1H3,(H,15,16). The summed E-state index contributed by atoms with van der Waals surface area (Å²) in [6.45, 7) is 2.10. The molecule has 5 atom stereocenters. The Morgan fingerprint density at radius 3 is 2.56 bits per heavy atom. The monoisotopic (exact) mass is 285 g/mol. The molecule has 0 heterocycles. The van der Waals surface area contributed by atoms with Crippen LogP contribution >= 0.6 is 15.9 Å². The number of carbonyl (C=O) groups is 1. The fourth-order valence-electron chi connectivity index (χ4n) is 4.25. The summed E-state index contributed by atoms with van der Waals surface area (Å²) in [5.41, 5.74) is 0. The summed E-state index contributed by atoms with van der Waals surface area (Å²) in [5, 5.41) is 4.14. The predicted molar refractivity (Wildman–Crippen MR) is 67.3 cm³/mol. The van der Waals surface area contributed by atoms with Crippen molar-refractivity contribution in [2.75, 3.05) is 5.33 Å². The Balaban J connectivity index is 1.55. The SMILES string of the molecule is CC(CCBr)NC(=O)C1C2C3CCC(C3)C12. The van der Waals surface area contributed by atoms with Gasteiger partial charge in [-0.3, -0.25) is 4.79 Å². The Bertz CT molecular complexity index is 290. The highest BCUT2D eigenvalue weighted by molar-refractivity contribution is 9.09. The number of carbonyl (C=O) groups excluding carboxylic acids is 1. The first kappa shape index (κ1) is 11.1. The molecule has 1 amide bonds. The van der Waals surface area contributed by atoms with Crippen molar-refractivity contribution in [1.29, 1.82) is 0 Å². The van der Waals surface area contributed by atoms with Crippen LogP contribution in [0.15, 0.2) is 0 Å². The molecule has 3 rings (SSSR count). The number of nitrogens with one attached hydrogen (secondary N) is 1. The first-order valence-electron chi connectivity index (χ1n) is 6.58. The van der Waals surface area contributed by atoms with Crippen molar-refractivity contribution in [3.8, 4) is 0 Å². The van der Waals surface area contributed by atoms with Crippen LogP contribution in [0, 0.1) is 29.6 Å². The van der Waals surface area contributed by atoms with E-state index in [1.165, 1.54) is 19.3 Å². The van der Waals surface area contributed by atoms with E-state index in [9.17, 15) is 4.79 Å². The first-order chi connectivity index (χ1) is 7.72. The highest BCUT2D eigenvalue weighted by Gasteiger charge is 2.67. The number of amides is 1. The number of rotatable bonds is 4. The van der Waals surface area contributed by atoms with Crippen molar-refractivity contribution in [2.24, 2.45) is 29.6 Å². The van der Waals surface area contributed by atoms with Gasteiger partial charge in [0.15, 0.2) is 0 Å². The number of hydrogen-bond acceptors (Lipinski definition) is 1. The van der Waals surface area contributed by atoms with Crippen LogP contribution in [0.1, 0.15) is 32.6 Å². The van der Waals surface area contributed by atoms with Crippen molar-refractivity contribution in [1.82, 2.24) is 5.32 Å². The molecule has 0 saturated heterocycles. The Kier molecular flexibility index (Phi) is 2.77. The molecule has 3 heteroatoms. The van der Waals surface area contributed by atoms with Crippen LogP contribution in [0.3, 0.4) is 0 Å². The van der Waals surface area contributed by atoms with Gasteiger partial charge in [0.05, 0.1) is 0 Å². The lowest BCUT2D eigenvalue weighted by Crippen LogP contribution is -2.35. The summed E-state index contributed by atoms with van der Waals surface area (Å²) < 4.78 is 0. The third kappa shape index (κ3) is 1.62. The third-order valence-electron chi connectivity index (χ3n) is 4.97. The number of halogens is 1. The lowest BCUT2D eigenvalue weighted by atomic mass is 10.0. The van der Waals surface area contributed by atoms with E-state index in [4.69, 9.17) is 0 Å². The molecule has 0 aromatic rings. The molecule has 16 heavy (non-hydrogen) atoms. The molecule has 1 N–H and O–H groups in total. The van der Waals surface area contributed by atoms with Gasteiger partial charge in [-0.15, -0.1) is 0 Å². The average molecular weight is 286 g/mol. The minimum Gasteiger partial charge on any atom is -0.353 e. The maximum absolute atomic E-state index is 12.1. The molecule has 0 aromatic carbocycles. The molecule has 2 nitrogen and oxygen atoms in total. The van der Waals surface area contributed by atoms with Crippen LogP contribution in [0.4, 0.5) is 0 Å². The van der Waals surface area contributed by atoms with Crippen molar-refractivity contribution in [2.45, 2.75) is 38.6 Å². The van der Waals surface area contributed by atoms with E-state index < -0.39 is 0 Å². The van der Waals surface area contributed by atoms with Crippen LogP contribution in [0.2, 0.25) is 0 Å². The zero-order valence-corrected chi connectivity index (χ0v) is 11.4. The summed E-state index contributed by atoms with van der Waals surface area (Å²) >= 11 is 3.42. The Hall–Kier alpha value is -0.0500. The summed E-state index contributed by atoms with van der Waals surface area (Å²) in [5.74, 6) is 4.09. The van der Waals surface area contributed by atoms with Crippen LogP contribution in [-0.2, 0) is 4.79 Å². The molecule has 90 valence electrons. The first-order valence-corrected chi connectivity index (χ1v) is 7.71. The van der Waals surface area contributed by atoms with Crippen molar-refractivity contribution < 1.29 is 4.79 Å². The number of fused-ring (bicyclic) bond motifs is 5. The second-order valence-corrected chi connectivity index (χ2v) is 6.69.